The molecule has 0 spiro atoms. The van der Waals surface area contributed by atoms with Gasteiger partial charge in [-0.05, 0) is 87.4 Å². The van der Waals surface area contributed by atoms with E-state index in [4.69, 9.17) is 17.2 Å². The number of aliphatic imine (C=N–C) groups is 1. The van der Waals surface area contributed by atoms with Crippen LogP contribution in [0.3, 0.4) is 0 Å². The first-order chi connectivity index (χ1) is 37.0. The van der Waals surface area contributed by atoms with Crippen molar-refractivity contribution in [1.29, 1.82) is 0 Å². The Morgan fingerprint density at radius 3 is 2.06 bits per heavy atom. The van der Waals surface area contributed by atoms with Crippen molar-refractivity contribution in [3.8, 4) is 5.75 Å². The fourth-order valence-corrected chi connectivity index (χ4v) is 11.7. The first-order valence-corrected chi connectivity index (χ1v) is 27.6. The summed E-state index contributed by atoms with van der Waals surface area (Å²) in [5.41, 5.74) is 20.4. The monoisotopic (exact) mass is 1120 g/mol. The lowest BCUT2D eigenvalue weighted by Gasteiger charge is -2.36. The second kappa shape index (κ2) is 27.3. The number of guanidine groups is 1. The van der Waals surface area contributed by atoms with Crippen LogP contribution < -0.4 is 59.7 Å². The van der Waals surface area contributed by atoms with Gasteiger partial charge in [0.2, 0.25) is 47.3 Å². The number of aliphatic hydroxyl groups is 2. The normalized spacial score (nSPS) is 23.8. The van der Waals surface area contributed by atoms with Crippen LogP contribution in [-0.4, -0.2) is 151 Å². The summed E-state index contributed by atoms with van der Waals surface area (Å²) in [5, 5.41) is 54.2. The number of benzene rings is 3. The molecule has 3 aromatic carbocycles. The maximum absolute atomic E-state index is 14.9. The Labute approximate surface area is 458 Å². The zero-order chi connectivity index (χ0) is 56.8. The number of nitrogens with zero attached hydrogens (tertiary/aromatic N) is 1. The number of hydrogen-bond acceptors (Lipinski definition) is 15. The molecule has 0 bridgehead atoms. The number of aliphatic hydroxyl groups excluding tert-OH is 2. The number of H-pyrrole nitrogens is 1. The summed E-state index contributed by atoms with van der Waals surface area (Å²) in [6.45, 7) is 5.88. The molecule has 3 heterocycles. The maximum Gasteiger partial charge on any atom is 0.245 e. The highest BCUT2D eigenvalue weighted by Crippen LogP contribution is 2.39. The Morgan fingerprint density at radius 1 is 0.769 bits per heavy atom. The number of primary amides is 1. The molecule has 10 atom stereocenters. The molecule has 6 rings (SSSR count). The van der Waals surface area contributed by atoms with Crippen molar-refractivity contribution >= 4 is 85.7 Å². The number of para-hydroxylation sites is 1. The number of carbonyl (C=O) groups is 8. The number of nitrogens with two attached hydrogens (primary N) is 3. The third-order valence-corrected chi connectivity index (χ3v) is 16.6. The number of aromatic nitrogens is 1. The van der Waals surface area contributed by atoms with Crippen molar-refractivity contribution in [2.75, 3.05) is 12.3 Å². The number of fused-ring (bicyclic) bond motifs is 2. The van der Waals surface area contributed by atoms with Gasteiger partial charge in [-0.2, -0.15) is 0 Å². The Kier molecular flexibility index (Phi) is 20.9. The van der Waals surface area contributed by atoms with Gasteiger partial charge in [-0.1, -0.05) is 76.2 Å². The van der Waals surface area contributed by atoms with E-state index in [1.165, 1.54) is 26.0 Å². The van der Waals surface area contributed by atoms with E-state index in [0.29, 0.717) is 23.1 Å². The molecule has 26 heteroatoms. The molecule has 0 aliphatic carbocycles. The van der Waals surface area contributed by atoms with Crippen LogP contribution in [0.4, 0.5) is 0 Å². The van der Waals surface area contributed by atoms with Crippen LogP contribution >= 0.6 is 21.6 Å². The van der Waals surface area contributed by atoms with Gasteiger partial charge in [-0.3, -0.25) is 43.3 Å². The fraction of sp³-hybridized carbons (Fsp3) is 0.442. The topological polar surface area (TPSA) is 400 Å². The maximum atomic E-state index is 14.9. The molecule has 1 fully saturated rings. The minimum Gasteiger partial charge on any atom is -0.508 e. The lowest BCUT2D eigenvalue weighted by atomic mass is 9.95. The van der Waals surface area contributed by atoms with E-state index in [-0.39, 0.29) is 56.1 Å². The van der Waals surface area contributed by atoms with Crippen LogP contribution in [0.5, 0.6) is 5.75 Å². The van der Waals surface area contributed by atoms with Gasteiger partial charge in [0.15, 0.2) is 5.96 Å². The Bertz CT molecular complexity index is 2840. The smallest absolute Gasteiger partial charge is 0.245 e. The predicted molar refractivity (Wildman–Crippen MR) is 295 cm³/mol. The van der Waals surface area contributed by atoms with Gasteiger partial charge in [-0.25, -0.2) is 0 Å². The molecule has 0 radical (unpaired) electrons. The number of rotatable bonds is 15. The van der Waals surface area contributed by atoms with Crippen molar-refractivity contribution in [2.45, 2.75) is 132 Å². The average Bonchev–Trinajstić information content (AvgIpc) is 3.86. The highest BCUT2D eigenvalue weighted by molar-refractivity contribution is 8.77. The van der Waals surface area contributed by atoms with E-state index in [0.717, 1.165) is 38.2 Å². The van der Waals surface area contributed by atoms with Crippen LogP contribution in [-0.2, 0) is 64.2 Å². The fourth-order valence-electron chi connectivity index (χ4n) is 8.91. The second-order valence-electron chi connectivity index (χ2n) is 19.8. The summed E-state index contributed by atoms with van der Waals surface area (Å²) < 4.78 is -1.43. The van der Waals surface area contributed by atoms with Gasteiger partial charge in [-0.15, -0.1) is 0 Å². The van der Waals surface area contributed by atoms with E-state index < -0.39 is 113 Å². The first-order valence-electron chi connectivity index (χ1n) is 25.3. The quantitative estimate of drug-likeness (QED) is 0.0271. The van der Waals surface area contributed by atoms with Crippen LogP contribution in [0.1, 0.15) is 62.8 Å². The number of carbonyl (C=O) groups excluding carboxylic acids is 8. The number of phenols is 1. The largest absolute Gasteiger partial charge is 0.508 e. The SMILES string of the molecule is C[C@@H](O)[C@H](NC(=O)[C@H]1NC(=O)[C@@H]([C@@H](C)O)NC(=O)[C@H](CCCN=C(N)N)NC(=O)[C@@H](Cc2c[nH]c3ccccc23)NC(=O)[C@H](Cc2ccc(O)cc2)NC(=O)[C@@H](NC(=O)[C@H]2Cc3ccccc3CN2)CSSC1(C)C)C(N)=O. The molecule has 4 aromatic rings. The summed E-state index contributed by atoms with van der Waals surface area (Å²) >= 11 is 0. The molecule has 24 nitrogen and oxygen atoms in total. The summed E-state index contributed by atoms with van der Waals surface area (Å²) in [4.78, 5) is 122. The molecule has 0 unspecified atom stereocenters. The summed E-state index contributed by atoms with van der Waals surface area (Å²) in [5.74, 6) is -7.76. The Balaban J connectivity index is 1.44. The molecule has 0 saturated carbocycles. The average molecular weight is 1120 g/mol. The molecule has 8 amide bonds. The van der Waals surface area contributed by atoms with Gasteiger partial charge < -0.3 is 80.0 Å². The van der Waals surface area contributed by atoms with Crippen molar-refractivity contribution in [2.24, 2.45) is 22.2 Å². The van der Waals surface area contributed by atoms with Gasteiger partial charge in [0, 0.05) is 53.5 Å². The Hall–Kier alpha value is -7.39. The van der Waals surface area contributed by atoms with Gasteiger partial charge in [0.1, 0.15) is 48.0 Å². The van der Waals surface area contributed by atoms with Crippen molar-refractivity contribution in [1.82, 2.24) is 47.5 Å². The predicted octanol–water partition coefficient (Wildman–Crippen LogP) is -1.76. The molecule has 1 saturated heterocycles. The van der Waals surface area contributed by atoms with Crippen LogP contribution in [0.15, 0.2) is 84.0 Å². The lowest BCUT2D eigenvalue weighted by molar-refractivity contribution is -0.137. The van der Waals surface area contributed by atoms with E-state index in [9.17, 15) is 53.7 Å². The summed E-state index contributed by atoms with van der Waals surface area (Å²) in [7, 11) is 1.99. The number of amides is 8. The van der Waals surface area contributed by atoms with Crippen LogP contribution in [0.2, 0.25) is 0 Å². The highest BCUT2D eigenvalue weighted by Gasteiger charge is 2.43. The minimum atomic E-state index is -1.79. The summed E-state index contributed by atoms with van der Waals surface area (Å²) in [6, 6.07) is 9.09. The van der Waals surface area contributed by atoms with Gasteiger partial charge in [0.25, 0.3) is 0 Å². The molecule has 2 aliphatic rings. The standard InChI is InChI=1S/C52H69N13O11S2/c1-26(66)40(43(53)69)63-50(76)42-52(3,4)78-77-25-39(62-45(71)36-21-29-10-5-6-11-30(29)23-58-36)48(74)60-37(20-28-15-17-32(68)18-16-28)46(72)61-38(22-31-24-57-34-13-8-7-12-33(31)34)47(73)59-35(14-9-19-56-51(54)55)44(70)64-41(27(2)67)49(75)65-42/h5-8,10-13,15-18,24,26-27,35-42,57-58,66-68H,9,14,19-23,25H2,1-4H3,(H2,53,69)(H,59,73)(H,60,74)(H,61,72)(H,62,71)(H,63,76)(H,64,70)(H,65,75)(H4,54,55,56)/t26-,27-,35+,36-,37+,38-,39+,40+,41-,42-/m1/s1. The number of hydrogen-bond donors (Lipinski definition) is 15. The number of aromatic hydroxyl groups is 1. The van der Waals surface area contributed by atoms with E-state index in [1.807, 2.05) is 42.5 Å². The number of phenolic OH excluding ortho intramolecular Hbond substituents is 1. The molecular weight excluding hydrogens is 1050 g/mol. The molecule has 1 aromatic heterocycles. The first kappa shape index (κ1) is 59.8. The minimum absolute atomic E-state index is 0.00330. The van der Waals surface area contributed by atoms with Crippen molar-refractivity contribution < 1.29 is 53.7 Å². The number of aromatic amines is 1. The Morgan fingerprint density at radius 2 is 1.40 bits per heavy atom. The van der Waals surface area contributed by atoms with Gasteiger partial charge in [0.05, 0.1) is 18.2 Å². The van der Waals surface area contributed by atoms with Gasteiger partial charge >= 0.3 is 0 Å². The lowest BCUT2D eigenvalue weighted by Crippen LogP contribution is -2.65. The highest BCUT2D eigenvalue weighted by atomic mass is 33.1. The van der Waals surface area contributed by atoms with Crippen molar-refractivity contribution in [3.05, 3.63) is 101 Å². The third kappa shape index (κ3) is 16.3. The molecule has 78 heavy (non-hydrogen) atoms. The molecule has 420 valence electrons. The van der Waals surface area contributed by atoms with Crippen LogP contribution in [0, 0.1) is 0 Å². The molecular formula is C52H69N13O11S2. The third-order valence-electron chi connectivity index (χ3n) is 13.3. The van der Waals surface area contributed by atoms with E-state index in [1.54, 1.807) is 38.2 Å². The zero-order valence-electron chi connectivity index (χ0n) is 43.5. The van der Waals surface area contributed by atoms with E-state index >= 15 is 0 Å². The van der Waals surface area contributed by atoms with E-state index in [2.05, 4.69) is 52.5 Å². The summed E-state index contributed by atoms with van der Waals surface area (Å²) in [6.07, 6.45) is -1.55. The van der Waals surface area contributed by atoms with Crippen molar-refractivity contribution in [3.63, 3.8) is 0 Å². The molecule has 18 N–H and O–H groups in total. The zero-order valence-corrected chi connectivity index (χ0v) is 45.2. The van der Waals surface area contributed by atoms with Crippen LogP contribution in [0.25, 0.3) is 10.9 Å². The molecule has 2 aliphatic heterocycles. The second-order valence-corrected chi connectivity index (χ2v) is 22.8. The number of nitrogens with one attached hydrogen (secondary N) is 9.